The first kappa shape index (κ1) is 17.5. The molecule has 0 aliphatic carbocycles. The van der Waals surface area contributed by atoms with E-state index in [2.05, 4.69) is 56.5 Å². The lowest BCUT2D eigenvalue weighted by Crippen LogP contribution is -2.47. The Labute approximate surface area is 149 Å². The molecule has 6 nitrogen and oxygen atoms in total. The van der Waals surface area contributed by atoms with Crippen LogP contribution in [0.3, 0.4) is 0 Å². The summed E-state index contributed by atoms with van der Waals surface area (Å²) >= 11 is 0. The maximum Gasteiger partial charge on any atom is 0.254 e. The summed E-state index contributed by atoms with van der Waals surface area (Å²) in [5, 5.41) is 9.64. The highest BCUT2D eigenvalue weighted by Crippen LogP contribution is 2.17. The molecule has 134 valence electrons. The Morgan fingerprint density at radius 3 is 2.72 bits per heavy atom. The van der Waals surface area contributed by atoms with Gasteiger partial charge < -0.3 is 10.2 Å². The van der Waals surface area contributed by atoms with Gasteiger partial charge in [0.25, 0.3) is 5.91 Å². The van der Waals surface area contributed by atoms with Gasteiger partial charge in [0.2, 0.25) is 0 Å². The molecule has 1 amide bonds. The van der Waals surface area contributed by atoms with E-state index in [9.17, 15) is 4.79 Å². The predicted octanol–water partition coefficient (Wildman–Crippen LogP) is 1.97. The molecule has 0 bridgehead atoms. The van der Waals surface area contributed by atoms with E-state index < -0.39 is 0 Å². The van der Waals surface area contributed by atoms with Crippen molar-refractivity contribution in [2.45, 2.75) is 20.3 Å². The summed E-state index contributed by atoms with van der Waals surface area (Å²) in [4.78, 5) is 16.9. The average molecular weight is 341 g/mol. The number of rotatable bonds is 6. The van der Waals surface area contributed by atoms with E-state index in [0.29, 0.717) is 12.1 Å². The molecule has 1 aromatic carbocycles. The number of carbonyl (C=O) groups is 1. The molecular formula is C19H27N5O. The van der Waals surface area contributed by atoms with Gasteiger partial charge >= 0.3 is 0 Å². The molecule has 0 spiro atoms. The number of nitrogens with one attached hydrogen (secondary N) is 2. The number of H-pyrrole nitrogens is 1. The smallest absolute Gasteiger partial charge is 0.254 e. The zero-order valence-corrected chi connectivity index (χ0v) is 15.1. The zero-order valence-electron chi connectivity index (χ0n) is 15.1. The normalized spacial score (nSPS) is 15.4. The Kier molecular flexibility index (Phi) is 5.71. The first-order valence-electron chi connectivity index (χ1n) is 8.95. The lowest BCUT2D eigenvalue weighted by atomic mass is 10.2. The Hall–Kier alpha value is -2.34. The quantitative estimate of drug-likeness (QED) is 0.789. The van der Waals surface area contributed by atoms with Crippen molar-refractivity contribution in [3.05, 3.63) is 47.3 Å². The number of aryl methyl sites for hydroxylation is 2. The number of aromatic nitrogens is 2. The van der Waals surface area contributed by atoms with Gasteiger partial charge in [0.1, 0.15) is 0 Å². The van der Waals surface area contributed by atoms with Gasteiger partial charge in [-0.1, -0.05) is 12.1 Å². The van der Waals surface area contributed by atoms with Gasteiger partial charge in [-0.3, -0.25) is 14.8 Å². The first-order chi connectivity index (χ1) is 12.1. The first-order valence-corrected chi connectivity index (χ1v) is 8.95. The highest BCUT2D eigenvalue weighted by atomic mass is 16.1. The number of piperazine rings is 1. The van der Waals surface area contributed by atoms with Gasteiger partial charge in [0.05, 0.1) is 11.8 Å². The van der Waals surface area contributed by atoms with Crippen molar-refractivity contribution >= 4 is 11.6 Å². The van der Waals surface area contributed by atoms with Gasteiger partial charge in [-0.25, -0.2) is 0 Å². The van der Waals surface area contributed by atoms with Crippen LogP contribution in [0.4, 0.5) is 5.69 Å². The van der Waals surface area contributed by atoms with Crippen molar-refractivity contribution in [1.82, 2.24) is 20.4 Å². The van der Waals surface area contributed by atoms with Crippen molar-refractivity contribution < 1.29 is 4.79 Å². The minimum Gasteiger partial charge on any atom is -0.369 e. The summed E-state index contributed by atoms with van der Waals surface area (Å²) in [5.41, 5.74) is 4.07. The van der Waals surface area contributed by atoms with Gasteiger partial charge in [-0.15, -0.1) is 0 Å². The second-order valence-corrected chi connectivity index (χ2v) is 6.69. The third-order valence-corrected chi connectivity index (χ3v) is 4.75. The molecule has 0 saturated carbocycles. The topological polar surface area (TPSA) is 64.3 Å². The lowest BCUT2D eigenvalue weighted by Gasteiger charge is -2.36. The van der Waals surface area contributed by atoms with E-state index in [1.807, 2.05) is 6.92 Å². The number of benzene rings is 1. The van der Waals surface area contributed by atoms with Crippen molar-refractivity contribution in [3.8, 4) is 0 Å². The fourth-order valence-electron chi connectivity index (χ4n) is 3.23. The van der Waals surface area contributed by atoms with E-state index >= 15 is 0 Å². The molecule has 0 unspecified atom stereocenters. The number of anilines is 1. The molecule has 1 aromatic heterocycles. The molecule has 2 aromatic rings. The fraction of sp³-hybridized carbons (Fsp3) is 0.474. The van der Waals surface area contributed by atoms with Crippen LogP contribution in [0, 0.1) is 13.8 Å². The Morgan fingerprint density at radius 2 is 2.04 bits per heavy atom. The fourth-order valence-corrected chi connectivity index (χ4v) is 3.23. The molecule has 3 rings (SSSR count). The summed E-state index contributed by atoms with van der Waals surface area (Å²) in [5.74, 6) is -0.0458. The third kappa shape index (κ3) is 4.60. The van der Waals surface area contributed by atoms with Crippen LogP contribution in [0.5, 0.6) is 0 Å². The van der Waals surface area contributed by atoms with Crippen LogP contribution in [0.25, 0.3) is 0 Å². The van der Waals surface area contributed by atoms with Crippen LogP contribution in [-0.4, -0.2) is 60.3 Å². The van der Waals surface area contributed by atoms with Crippen LogP contribution < -0.4 is 10.2 Å². The molecule has 6 heteroatoms. The van der Waals surface area contributed by atoms with Crippen molar-refractivity contribution in [2.24, 2.45) is 0 Å². The molecule has 1 aliphatic heterocycles. The van der Waals surface area contributed by atoms with E-state index in [1.165, 1.54) is 11.3 Å². The Balaban J connectivity index is 1.36. The molecule has 1 fully saturated rings. The Bertz CT molecular complexity index is 703. The number of nitrogens with zero attached hydrogens (tertiary/aromatic N) is 3. The molecule has 2 N–H and O–H groups in total. The maximum absolute atomic E-state index is 12.0. The number of aromatic amines is 1. The van der Waals surface area contributed by atoms with Crippen LogP contribution in [0.15, 0.2) is 30.5 Å². The number of amides is 1. The molecular weight excluding hydrogens is 314 g/mol. The lowest BCUT2D eigenvalue weighted by molar-refractivity contribution is 0.0951. The number of hydrogen-bond acceptors (Lipinski definition) is 4. The summed E-state index contributed by atoms with van der Waals surface area (Å²) in [6, 6.07) is 8.71. The van der Waals surface area contributed by atoms with E-state index in [0.717, 1.165) is 44.8 Å². The standard InChI is InChI=1S/C19H27N5O/c1-15-5-3-6-17(13-15)24-11-9-23(10-12-24)8-4-7-20-19(25)18-14-21-22-16(18)2/h3,5-6,13-14H,4,7-12H2,1-2H3,(H,20,25)(H,21,22). The van der Waals surface area contributed by atoms with Crippen molar-refractivity contribution in [2.75, 3.05) is 44.2 Å². The van der Waals surface area contributed by atoms with E-state index in [1.54, 1.807) is 6.20 Å². The molecule has 0 radical (unpaired) electrons. The summed E-state index contributed by atoms with van der Waals surface area (Å²) < 4.78 is 0. The Morgan fingerprint density at radius 1 is 1.24 bits per heavy atom. The highest BCUT2D eigenvalue weighted by molar-refractivity contribution is 5.94. The van der Waals surface area contributed by atoms with Gasteiger partial charge in [0, 0.05) is 44.1 Å². The maximum atomic E-state index is 12.0. The molecule has 2 heterocycles. The molecule has 1 aliphatic rings. The zero-order chi connectivity index (χ0) is 17.6. The SMILES string of the molecule is Cc1cccc(N2CCN(CCCNC(=O)c3cn[nH]c3C)CC2)c1. The number of carbonyl (C=O) groups excluding carboxylic acids is 1. The van der Waals surface area contributed by atoms with Crippen LogP contribution >= 0.6 is 0 Å². The predicted molar refractivity (Wildman–Crippen MR) is 100 cm³/mol. The van der Waals surface area contributed by atoms with Gasteiger partial charge in [0.15, 0.2) is 0 Å². The summed E-state index contributed by atoms with van der Waals surface area (Å²) in [6.07, 6.45) is 2.54. The largest absolute Gasteiger partial charge is 0.369 e. The van der Waals surface area contributed by atoms with Crippen LogP contribution in [-0.2, 0) is 0 Å². The highest BCUT2D eigenvalue weighted by Gasteiger charge is 2.17. The van der Waals surface area contributed by atoms with Crippen molar-refractivity contribution in [3.63, 3.8) is 0 Å². The minimum atomic E-state index is -0.0458. The second-order valence-electron chi connectivity index (χ2n) is 6.69. The second kappa shape index (κ2) is 8.16. The van der Waals surface area contributed by atoms with Gasteiger partial charge in [-0.05, 0) is 44.5 Å². The molecule has 1 saturated heterocycles. The van der Waals surface area contributed by atoms with Crippen molar-refractivity contribution in [1.29, 1.82) is 0 Å². The average Bonchev–Trinajstić information content (AvgIpc) is 3.05. The minimum absolute atomic E-state index is 0.0458. The van der Waals surface area contributed by atoms with E-state index in [4.69, 9.17) is 0 Å². The summed E-state index contributed by atoms with van der Waals surface area (Å²) in [6.45, 7) is 9.97. The molecule has 0 atom stereocenters. The monoisotopic (exact) mass is 341 g/mol. The van der Waals surface area contributed by atoms with E-state index in [-0.39, 0.29) is 5.91 Å². The molecule has 25 heavy (non-hydrogen) atoms. The third-order valence-electron chi connectivity index (χ3n) is 4.75. The van der Waals surface area contributed by atoms with Crippen LogP contribution in [0.1, 0.15) is 28.0 Å². The summed E-state index contributed by atoms with van der Waals surface area (Å²) in [7, 11) is 0. The number of hydrogen-bond donors (Lipinski definition) is 2. The van der Waals surface area contributed by atoms with Gasteiger partial charge in [-0.2, -0.15) is 5.10 Å². The van der Waals surface area contributed by atoms with Crippen LogP contribution in [0.2, 0.25) is 0 Å².